The molecule has 1 aliphatic rings. The van der Waals surface area contributed by atoms with Gasteiger partial charge in [-0.1, -0.05) is 31.2 Å². The normalized spacial score (nSPS) is 16.3. The Balaban J connectivity index is 1.79. The van der Waals surface area contributed by atoms with Crippen molar-refractivity contribution in [3.05, 3.63) is 35.4 Å². The average Bonchev–Trinajstić information content (AvgIpc) is 2.46. The SMILES string of the molecule is CCc1ccccc1CNC(=O)CN1CCNCC1. The number of nitrogens with zero attached hydrogens (tertiary/aromatic N) is 1. The van der Waals surface area contributed by atoms with E-state index in [-0.39, 0.29) is 5.91 Å². The van der Waals surface area contributed by atoms with E-state index in [0.29, 0.717) is 13.1 Å². The summed E-state index contributed by atoms with van der Waals surface area (Å²) < 4.78 is 0. The number of nitrogens with one attached hydrogen (secondary N) is 2. The lowest BCUT2D eigenvalue weighted by Gasteiger charge is -2.26. The van der Waals surface area contributed by atoms with Crippen molar-refractivity contribution in [2.24, 2.45) is 0 Å². The van der Waals surface area contributed by atoms with Gasteiger partial charge in [0.05, 0.1) is 6.54 Å². The van der Waals surface area contributed by atoms with Crippen LogP contribution in [0.2, 0.25) is 0 Å². The molecule has 0 spiro atoms. The highest BCUT2D eigenvalue weighted by Gasteiger charge is 2.13. The largest absolute Gasteiger partial charge is 0.351 e. The number of amides is 1. The Morgan fingerprint density at radius 1 is 1.26 bits per heavy atom. The van der Waals surface area contributed by atoms with Crippen molar-refractivity contribution in [1.29, 1.82) is 0 Å². The van der Waals surface area contributed by atoms with Crippen LogP contribution in [0.4, 0.5) is 0 Å². The fourth-order valence-corrected chi connectivity index (χ4v) is 2.40. The molecule has 4 heteroatoms. The van der Waals surface area contributed by atoms with Gasteiger partial charge in [0.25, 0.3) is 0 Å². The van der Waals surface area contributed by atoms with Crippen LogP contribution in [0.25, 0.3) is 0 Å². The number of aryl methyl sites for hydroxylation is 1. The Bertz CT molecular complexity index is 414. The standard InChI is InChI=1S/C15H23N3O/c1-2-13-5-3-4-6-14(13)11-17-15(19)12-18-9-7-16-8-10-18/h3-6,16H,2,7-12H2,1H3,(H,17,19). The lowest BCUT2D eigenvalue weighted by molar-refractivity contribution is -0.122. The van der Waals surface area contributed by atoms with E-state index in [9.17, 15) is 4.79 Å². The highest BCUT2D eigenvalue weighted by molar-refractivity contribution is 5.78. The first-order valence-electron chi connectivity index (χ1n) is 7.06. The van der Waals surface area contributed by atoms with E-state index in [1.807, 2.05) is 12.1 Å². The second-order valence-electron chi connectivity index (χ2n) is 4.93. The predicted molar refractivity (Wildman–Crippen MR) is 77.0 cm³/mol. The second kappa shape index (κ2) is 7.26. The van der Waals surface area contributed by atoms with Gasteiger partial charge in [-0.25, -0.2) is 0 Å². The number of hydrogen-bond acceptors (Lipinski definition) is 3. The van der Waals surface area contributed by atoms with E-state index in [2.05, 4.69) is 34.6 Å². The summed E-state index contributed by atoms with van der Waals surface area (Å²) in [6.45, 7) is 7.15. The maximum atomic E-state index is 11.9. The molecule has 0 atom stereocenters. The predicted octanol–water partition coefficient (Wildman–Crippen LogP) is 0.770. The van der Waals surface area contributed by atoms with Crippen LogP contribution in [0.1, 0.15) is 18.1 Å². The topological polar surface area (TPSA) is 44.4 Å². The summed E-state index contributed by atoms with van der Waals surface area (Å²) in [5.41, 5.74) is 2.53. The molecule has 1 saturated heterocycles. The summed E-state index contributed by atoms with van der Waals surface area (Å²) in [6, 6.07) is 8.28. The van der Waals surface area contributed by atoms with E-state index in [1.165, 1.54) is 11.1 Å². The van der Waals surface area contributed by atoms with Gasteiger partial charge in [0.15, 0.2) is 0 Å². The minimum atomic E-state index is 0.118. The maximum absolute atomic E-state index is 11.9. The molecule has 4 nitrogen and oxygen atoms in total. The number of piperazine rings is 1. The molecule has 0 aliphatic carbocycles. The van der Waals surface area contributed by atoms with Gasteiger partial charge in [0, 0.05) is 32.7 Å². The molecule has 104 valence electrons. The van der Waals surface area contributed by atoms with Crippen LogP contribution in [-0.2, 0) is 17.8 Å². The van der Waals surface area contributed by atoms with E-state index in [1.54, 1.807) is 0 Å². The Labute approximate surface area is 115 Å². The van der Waals surface area contributed by atoms with E-state index >= 15 is 0 Å². The van der Waals surface area contributed by atoms with Crippen LogP contribution in [0.5, 0.6) is 0 Å². The summed E-state index contributed by atoms with van der Waals surface area (Å²) in [6.07, 6.45) is 1.00. The third-order valence-electron chi connectivity index (χ3n) is 3.55. The molecule has 0 unspecified atom stereocenters. The van der Waals surface area contributed by atoms with Crippen LogP contribution in [0.3, 0.4) is 0 Å². The Kier molecular flexibility index (Phi) is 5.36. The summed E-state index contributed by atoms with van der Waals surface area (Å²) in [7, 11) is 0. The molecule has 0 radical (unpaired) electrons. The minimum Gasteiger partial charge on any atom is -0.351 e. The molecule has 0 aromatic heterocycles. The van der Waals surface area contributed by atoms with Gasteiger partial charge in [-0.2, -0.15) is 0 Å². The number of rotatable bonds is 5. The Morgan fingerprint density at radius 2 is 1.95 bits per heavy atom. The third kappa shape index (κ3) is 4.33. The molecular weight excluding hydrogens is 238 g/mol. The van der Waals surface area contributed by atoms with E-state index < -0.39 is 0 Å². The van der Waals surface area contributed by atoms with Crippen molar-refractivity contribution in [3.63, 3.8) is 0 Å². The molecule has 1 aromatic carbocycles. The first-order valence-corrected chi connectivity index (χ1v) is 7.06. The fourth-order valence-electron chi connectivity index (χ4n) is 2.40. The highest BCUT2D eigenvalue weighted by atomic mass is 16.2. The highest BCUT2D eigenvalue weighted by Crippen LogP contribution is 2.08. The number of benzene rings is 1. The maximum Gasteiger partial charge on any atom is 0.234 e. The van der Waals surface area contributed by atoms with Gasteiger partial charge in [0.1, 0.15) is 0 Å². The summed E-state index contributed by atoms with van der Waals surface area (Å²) in [4.78, 5) is 14.1. The first kappa shape index (κ1) is 14.0. The number of hydrogen-bond donors (Lipinski definition) is 2. The summed E-state index contributed by atoms with van der Waals surface area (Å²) in [5.74, 6) is 0.118. The minimum absolute atomic E-state index is 0.118. The lowest BCUT2D eigenvalue weighted by Crippen LogP contribution is -2.47. The Morgan fingerprint density at radius 3 is 2.63 bits per heavy atom. The zero-order valence-electron chi connectivity index (χ0n) is 11.6. The zero-order valence-corrected chi connectivity index (χ0v) is 11.6. The van der Waals surface area contributed by atoms with Gasteiger partial charge in [-0.05, 0) is 17.5 Å². The molecule has 1 amide bonds. The molecule has 0 bridgehead atoms. The Hall–Kier alpha value is -1.39. The molecule has 1 aromatic rings. The number of carbonyl (C=O) groups excluding carboxylic acids is 1. The van der Waals surface area contributed by atoms with Gasteiger partial charge >= 0.3 is 0 Å². The molecule has 2 N–H and O–H groups in total. The second-order valence-corrected chi connectivity index (χ2v) is 4.93. The molecule has 1 heterocycles. The number of carbonyl (C=O) groups is 1. The third-order valence-corrected chi connectivity index (χ3v) is 3.55. The quantitative estimate of drug-likeness (QED) is 0.823. The summed E-state index contributed by atoms with van der Waals surface area (Å²) in [5, 5.41) is 6.31. The van der Waals surface area contributed by atoms with Crippen LogP contribution in [-0.4, -0.2) is 43.5 Å². The van der Waals surface area contributed by atoms with Crippen molar-refractivity contribution < 1.29 is 4.79 Å². The van der Waals surface area contributed by atoms with Crippen LogP contribution in [0.15, 0.2) is 24.3 Å². The smallest absolute Gasteiger partial charge is 0.234 e. The van der Waals surface area contributed by atoms with E-state index in [4.69, 9.17) is 0 Å². The van der Waals surface area contributed by atoms with Crippen molar-refractivity contribution in [2.45, 2.75) is 19.9 Å². The van der Waals surface area contributed by atoms with Gasteiger partial charge in [0.2, 0.25) is 5.91 Å². The van der Waals surface area contributed by atoms with E-state index in [0.717, 1.165) is 32.6 Å². The first-order chi connectivity index (χ1) is 9.29. The van der Waals surface area contributed by atoms with Crippen molar-refractivity contribution in [2.75, 3.05) is 32.7 Å². The molecule has 1 fully saturated rings. The van der Waals surface area contributed by atoms with Crippen molar-refractivity contribution in [3.8, 4) is 0 Å². The van der Waals surface area contributed by atoms with Crippen molar-refractivity contribution in [1.82, 2.24) is 15.5 Å². The van der Waals surface area contributed by atoms with Gasteiger partial charge in [-0.15, -0.1) is 0 Å². The fraction of sp³-hybridized carbons (Fsp3) is 0.533. The van der Waals surface area contributed by atoms with Crippen LogP contribution < -0.4 is 10.6 Å². The van der Waals surface area contributed by atoms with Crippen LogP contribution in [0, 0.1) is 0 Å². The molecule has 19 heavy (non-hydrogen) atoms. The van der Waals surface area contributed by atoms with Crippen molar-refractivity contribution >= 4 is 5.91 Å². The molecule has 2 rings (SSSR count). The molecule has 0 saturated carbocycles. The van der Waals surface area contributed by atoms with Gasteiger partial charge < -0.3 is 10.6 Å². The van der Waals surface area contributed by atoms with Gasteiger partial charge in [-0.3, -0.25) is 9.69 Å². The molecular formula is C15H23N3O. The zero-order chi connectivity index (χ0) is 13.5. The molecule has 1 aliphatic heterocycles. The monoisotopic (exact) mass is 261 g/mol. The summed E-state index contributed by atoms with van der Waals surface area (Å²) >= 11 is 0. The average molecular weight is 261 g/mol. The van der Waals surface area contributed by atoms with Crippen LogP contribution >= 0.6 is 0 Å². The lowest BCUT2D eigenvalue weighted by atomic mass is 10.1.